The number of aromatic nitrogens is 2. The van der Waals surface area contributed by atoms with Crippen molar-refractivity contribution in [3.63, 3.8) is 0 Å². The van der Waals surface area contributed by atoms with E-state index in [0.717, 1.165) is 12.1 Å². The molecule has 3 aromatic carbocycles. The van der Waals surface area contributed by atoms with Gasteiger partial charge >= 0.3 is 12.4 Å². The van der Waals surface area contributed by atoms with Gasteiger partial charge in [0.1, 0.15) is 28.7 Å². The van der Waals surface area contributed by atoms with Crippen LogP contribution in [0.15, 0.2) is 70.8 Å². The summed E-state index contributed by atoms with van der Waals surface area (Å²) in [6.45, 7) is 7.27. The molecule has 208 valence electrons. The molecular formula is C28H10F8N6. The Hall–Kier alpha value is -5.50. The fourth-order valence-corrected chi connectivity index (χ4v) is 4.41. The van der Waals surface area contributed by atoms with Crippen molar-refractivity contribution in [3.05, 3.63) is 117 Å². The number of nitriles is 1. The van der Waals surface area contributed by atoms with Crippen molar-refractivity contribution < 1.29 is 35.1 Å². The van der Waals surface area contributed by atoms with Gasteiger partial charge in [-0.25, -0.2) is 18.7 Å². The quantitative estimate of drug-likeness (QED) is 0.0940. The van der Waals surface area contributed by atoms with E-state index >= 15 is 0 Å². The van der Waals surface area contributed by atoms with Crippen molar-refractivity contribution in [2.45, 2.75) is 12.4 Å². The molecule has 6 nitrogen and oxygen atoms in total. The number of hydrogen-bond donors (Lipinski definition) is 0. The fourth-order valence-electron chi connectivity index (χ4n) is 4.41. The topological polar surface area (TPSA) is 78.6 Å². The Morgan fingerprint density at radius 3 is 1.57 bits per heavy atom. The molecule has 0 fully saturated rings. The van der Waals surface area contributed by atoms with Crippen LogP contribution in [-0.2, 0) is 12.4 Å². The van der Waals surface area contributed by atoms with Crippen molar-refractivity contribution in [1.29, 1.82) is 5.26 Å². The Morgan fingerprint density at radius 1 is 0.690 bits per heavy atom. The van der Waals surface area contributed by atoms with Crippen molar-refractivity contribution in [1.82, 2.24) is 9.97 Å². The SMILES string of the molecule is [C-]#[N+]/N=C1/c2ccccc2C(=NC#N)c2nc(-c3ccc(F)c(C(F)(F)F)c3)c(-c3ccc(F)c(C(F)(F)F)c3)nc21. The van der Waals surface area contributed by atoms with Gasteiger partial charge in [0.25, 0.3) is 0 Å². The van der Waals surface area contributed by atoms with E-state index in [1.165, 1.54) is 12.1 Å². The molecule has 0 atom stereocenters. The molecule has 5 rings (SSSR count). The first kappa shape index (κ1) is 28.0. The van der Waals surface area contributed by atoms with Crippen LogP contribution in [0.2, 0.25) is 0 Å². The van der Waals surface area contributed by atoms with Crippen LogP contribution in [0.4, 0.5) is 35.1 Å². The van der Waals surface area contributed by atoms with E-state index < -0.39 is 57.6 Å². The average Bonchev–Trinajstić information content (AvgIpc) is 2.93. The van der Waals surface area contributed by atoms with Crippen LogP contribution in [0, 0.1) is 29.7 Å². The number of rotatable bonds is 2. The van der Waals surface area contributed by atoms with Gasteiger partial charge in [0.05, 0.1) is 27.6 Å². The predicted octanol–water partition coefficient (Wildman–Crippen LogP) is 7.43. The third-order valence-electron chi connectivity index (χ3n) is 6.18. The highest BCUT2D eigenvalue weighted by Crippen LogP contribution is 2.40. The fraction of sp³-hybridized carbons (Fsp3) is 0.0714. The first-order valence-electron chi connectivity index (χ1n) is 11.5. The van der Waals surface area contributed by atoms with Gasteiger partial charge in [0, 0.05) is 22.3 Å². The van der Waals surface area contributed by atoms with E-state index in [1.807, 2.05) is 0 Å². The Morgan fingerprint density at radius 2 is 1.14 bits per heavy atom. The molecule has 0 unspecified atom stereocenters. The van der Waals surface area contributed by atoms with E-state index in [1.54, 1.807) is 18.3 Å². The number of benzene rings is 3. The van der Waals surface area contributed by atoms with Gasteiger partial charge in [-0.3, -0.25) is 0 Å². The smallest absolute Gasteiger partial charge is 0.241 e. The third kappa shape index (κ3) is 4.83. The predicted molar refractivity (Wildman–Crippen MR) is 133 cm³/mol. The molecule has 0 radical (unpaired) electrons. The summed E-state index contributed by atoms with van der Waals surface area (Å²) in [6.07, 6.45) is -8.71. The summed E-state index contributed by atoms with van der Waals surface area (Å²) in [6, 6.07) is 9.78. The van der Waals surface area contributed by atoms with Crippen molar-refractivity contribution in [2.75, 3.05) is 0 Å². The van der Waals surface area contributed by atoms with Gasteiger partial charge in [0.15, 0.2) is 5.71 Å². The van der Waals surface area contributed by atoms with Crippen LogP contribution in [0.25, 0.3) is 27.5 Å². The lowest BCUT2D eigenvalue weighted by molar-refractivity contribution is -0.140. The van der Waals surface area contributed by atoms with Gasteiger partial charge in [0.2, 0.25) is 6.19 Å². The van der Waals surface area contributed by atoms with Crippen LogP contribution >= 0.6 is 0 Å². The van der Waals surface area contributed by atoms with E-state index in [9.17, 15) is 40.4 Å². The molecule has 0 saturated heterocycles. The zero-order valence-electron chi connectivity index (χ0n) is 20.5. The molecule has 14 heteroatoms. The van der Waals surface area contributed by atoms with Gasteiger partial charge < -0.3 is 0 Å². The Balaban J connectivity index is 1.92. The molecule has 1 aromatic heterocycles. The lowest BCUT2D eigenvalue weighted by atomic mass is 9.87. The number of hydrogen-bond acceptors (Lipinski definition) is 5. The second kappa shape index (κ2) is 10.2. The van der Waals surface area contributed by atoms with Gasteiger partial charge in [-0.2, -0.15) is 43.2 Å². The van der Waals surface area contributed by atoms with Crippen LogP contribution in [0.5, 0.6) is 0 Å². The van der Waals surface area contributed by atoms with E-state index in [-0.39, 0.29) is 33.9 Å². The summed E-state index contributed by atoms with van der Waals surface area (Å²) in [4.78, 5) is 15.5. The maximum atomic E-state index is 14.1. The highest BCUT2D eigenvalue weighted by Gasteiger charge is 2.38. The van der Waals surface area contributed by atoms with Crippen molar-refractivity contribution in [2.24, 2.45) is 10.1 Å². The van der Waals surface area contributed by atoms with E-state index in [2.05, 4.69) is 25.0 Å². The molecule has 0 bridgehead atoms. The Kier molecular flexibility index (Phi) is 6.78. The summed E-state index contributed by atoms with van der Waals surface area (Å²) < 4.78 is 110. The van der Waals surface area contributed by atoms with Gasteiger partial charge in [-0.15, -0.1) is 4.95 Å². The molecule has 0 spiro atoms. The number of aliphatic imine (C=N–C) groups is 1. The van der Waals surface area contributed by atoms with Crippen LogP contribution < -0.4 is 0 Å². The summed E-state index contributed by atoms with van der Waals surface area (Å²) in [5, 5.41) is 13.1. The minimum absolute atomic E-state index is 0.110. The molecule has 0 amide bonds. The van der Waals surface area contributed by atoms with Crippen LogP contribution in [0.3, 0.4) is 0 Å². The standard InChI is InChI=1S/C28H10F8N6/c1-38-42-24-16-5-3-2-4-15(16)23(39-12-37)25-26(24)41-22(14-7-9-20(30)18(11-14)28(34,35)36)21(40-25)13-6-8-19(29)17(10-13)27(31,32)33/h2-11H/b39-23?,42-24-. The molecule has 1 heterocycles. The molecule has 1 aliphatic carbocycles. The third-order valence-corrected chi connectivity index (χ3v) is 6.18. The summed E-state index contributed by atoms with van der Waals surface area (Å²) in [5.41, 5.74) is -5.28. The first-order chi connectivity index (χ1) is 19.8. The van der Waals surface area contributed by atoms with Crippen molar-refractivity contribution >= 4 is 11.4 Å². The number of halogens is 8. The zero-order chi connectivity index (χ0) is 30.4. The van der Waals surface area contributed by atoms with Crippen molar-refractivity contribution in [3.8, 4) is 28.7 Å². The molecule has 4 aromatic rings. The molecule has 0 aliphatic heterocycles. The lowest BCUT2D eigenvalue weighted by Gasteiger charge is -2.22. The minimum Gasteiger partial charge on any atom is -0.241 e. The highest BCUT2D eigenvalue weighted by molar-refractivity contribution is 6.30. The number of nitrogens with zero attached hydrogens (tertiary/aromatic N) is 6. The lowest BCUT2D eigenvalue weighted by Crippen LogP contribution is -2.26. The summed E-state index contributed by atoms with van der Waals surface area (Å²) >= 11 is 0. The summed E-state index contributed by atoms with van der Waals surface area (Å²) in [7, 11) is 0. The number of fused-ring (bicyclic) bond motifs is 2. The molecular weight excluding hydrogens is 572 g/mol. The van der Waals surface area contributed by atoms with Gasteiger partial charge in [-0.05, 0) is 36.4 Å². The Labute approximate surface area is 230 Å². The minimum atomic E-state index is -5.15. The molecule has 0 N–H and O–H groups in total. The second-order valence-corrected chi connectivity index (χ2v) is 8.66. The first-order valence-corrected chi connectivity index (χ1v) is 11.5. The van der Waals surface area contributed by atoms with Crippen LogP contribution in [0.1, 0.15) is 33.6 Å². The Bertz CT molecular complexity index is 1770. The molecule has 0 saturated carbocycles. The molecule has 42 heavy (non-hydrogen) atoms. The maximum absolute atomic E-state index is 14.1. The number of alkyl halides is 6. The normalized spacial score (nSPS) is 14.7. The second-order valence-electron chi connectivity index (χ2n) is 8.66. The zero-order valence-corrected chi connectivity index (χ0v) is 20.5. The average molecular weight is 582 g/mol. The van der Waals surface area contributed by atoms with Crippen LogP contribution in [-0.4, -0.2) is 21.4 Å². The van der Waals surface area contributed by atoms with E-state index in [0.29, 0.717) is 24.3 Å². The summed E-state index contributed by atoms with van der Waals surface area (Å²) in [5.74, 6) is -3.24. The molecule has 1 aliphatic rings. The highest BCUT2D eigenvalue weighted by atomic mass is 19.4. The largest absolute Gasteiger partial charge is 0.419 e. The van der Waals surface area contributed by atoms with Gasteiger partial charge in [-0.1, -0.05) is 24.3 Å². The maximum Gasteiger partial charge on any atom is 0.419 e. The van der Waals surface area contributed by atoms with E-state index in [4.69, 9.17) is 6.57 Å². The monoisotopic (exact) mass is 582 g/mol.